The van der Waals surface area contributed by atoms with Gasteiger partial charge in [-0.2, -0.15) is 0 Å². The maximum atomic E-state index is 13.6. The summed E-state index contributed by atoms with van der Waals surface area (Å²) in [5.74, 6) is -0.891. The Morgan fingerprint density at radius 2 is 2.09 bits per heavy atom. The van der Waals surface area contributed by atoms with Crippen LogP contribution in [0.2, 0.25) is 5.02 Å². The van der Waals surface area contributed by atoms with Gasteiger partial charge >= 0.3 is 0 Å². The number of nitrogens with one attached hydrogen (secondary N) is 2. The van der Waals surface area contributed by atoms with Crippen LogP contribution in [-0.4, -0.2) is 47.4 Å². The zero-order valence-corrected chi connectivity index (χ0v) is 18.0. The normalized spacial score (nSPS) is 26.6. The number of halogens is 2. The number of ether oxygens (including phenoxy) is 1. The highest BCUT2D eigenvalue weighted by Crippen LogP contribution is 2.33. The van der Waals surface area contributed by atoms with Crippen LogP contribution < -0.4 is 15.4 Å². The molecular weight excluding hydrogens is 445 g/mol. The summed E-state index contributed by atoms with van der Waals surface area (Å²) in [6, 6.07) is 7.01. The van der Waals surface area contributed by atoms with E-state index in [1.807, 2.05) is 0 Å². The van der Waals surface area contributed by atoms with Crippen LogP contribution in [0.3, 0.4) is 0 Å². The van der Waals surface area contributed by atoms with Crippen molar-refractivity contribution in [2.75, 3.05) is 37.3 Å². The molecule has 7 nitrogen and oxygen atoms in total. The Labute approximate surface area is 210 Å². The molecule has 0 spiro atoms. The number of carbonyl (C=O) groups excluding carboxylic acids is 1. The molecule has 1 aliphatic heterocycles. The zero-order valence-electron chi connectivity index (χ0n) is 27.2. The van der Waals surface area contributed by atoms with Gasteiger partial charge in [-0.1, -0.05) is 24.0 Å². The summed E-state index contributed by atoms with van der Waals surface area (Å²) in [4.78, 5) is 21.4. The summed E-state index contributed by atoms with van der Waals surface area (Å²) < 4.78 is 99.3. The molecule has 2 N–H and O–H groups in total. The van der Waals surface area contributed by atoms with E-state index in [0.29, 0.717) is 22.4 Å². The minimum atomic E-state index is -3.53. The van der Waals surface area contributed by atoms with Crippen LogP contribution in [0.1, 0.15) is 32.8 Å². The first kappa shape index (κ1) is 13.5. The minimum absolute atomic E-state index is 0.110. The number of nitrogens with zero attached hydrogens (tertiary/aromatic N) is 3. The smallest absolute Gasteiger partial charge is 0.248 e. The lowest BCUT2D eigenvalue weighted by atomic mass is 10.1. The fraction of sp³-hybridized carbons (Fsp3) is 0.292. The quantitative estimate of drug-likeness (QED) is 0.456. The van der Waals surface area contributed by atoms with Gasteiger partial charge < -0.3 is 15.4 Å². The summed E-state index contributed by atoms with van der Waals surface area (Å²) in [5.41, 5.74) is 1.01. The van der Waals surface area contributed by atoms with Crippen LogP contribution >= 0.6 is 11.6 Å². The number of anilines is 3. The number of methoxy groups -OCH3 is 1. The lowest BCUT2D eigenvalue weighted by molar-refractivity contribution is -0.111. The molecule has 9 heteroatoms. The molecule has 1 fully saturated rings. The van der Waals surface area contributed by atoms with Gasteiger partial charge in [0.1, 0.15) is 23.7 Å². The number of fused-ring (bicyclic) bond motifs is 1. The Bertz CT molecular complexity index is 1580. The second-order valence-electron chi connectivity index (χ2n) is 6.65. The average molecular weight is 480 g/mol. The zero-order chi connectivity index (χ0) is 32.2. The fourth-order valence-electron chi connectivity index (χ4n) is 2.94. The molecule has 1 aliphatic rings. The number of likely N-dealkylation sites (tertiary alicyclic amines) is 1. The molecule has 0 saturated carbocycles. The Balaban J connectivity index is 1.59. The predicted molar refractivity (Wildman–Crippen MR) is 129 cm³/mol. The molecule has 33 heavy (non-hydrogen) atoms. The minimum Gasteiger partial charge on any atom is -0.494 e. The molecule has 2 aromatic carbocycles. The number of piperidine rings is 1. The first-order valence-corrected chi connectivity index (χ1v) is 9.97. The van der Waals surface area contributed by atoms with Crippen LogP contribution in [0.5, 0.6) is 5.75 Å². The molecule has 0 bridgehead atoms. The van der Waals surface area contributed by atoms with Crippen molar-refractivity contribution >= 4 is 45.6 Å². The number of amides is 1. The van der Waals surface area contributed by atoms with Crippen LogP contribution in [-0.2, 0) is 4.79 Å². The van der Waals surface area contributed by atoms with Crippen molar-refractivity contribution in [2.24, 2.45) is 0 Å². The molecule has 2 heterocycles. The maximum absolute atomic E-state index is 13.6. The second kappa shape index (κ2) is 10.6. The van der Waals surface area contributed by atoms with Gasteiger partial charge in [0.15, 0.2) is 0 Å². The van der Waals surface area contributed by atoms with E-state index in [1.165, 1.54) is 43.8 Å². The van der Waals surface area contributed by atoms with E-state index < -0.39 is 50.4 Å². The molecular formula is C24H25ClFN5O2. The van der Waals surface area contributed by atoms with E-state index in [4.69, 9.17) is 30.0 Å². The number of carbonyl (C=O) groups is 1. The molecule has 1 amide bonds. The van der Waals surface area contributed by atoms with Gasteiger partial charge in [-0.15, -0.1) is 0 Å². The summed E-state index contributed by atoms with van der Waals surface area (Å²) in [6.07, 6.45) is -7.26. The van der Waals surface area contributed by atoms with Crippen LogP contribution in [0, 0.1) is 5.82 Å². The lowest BCUT2D eigenvalue weighted by Gasteiger charge is -2.24. The number of hydrogen-bond acceptors (Lipinski definition) is 6. The topological polar surface area (TPSA) is 79.4 Å². The molecule has 172 valence electrons. The predicted octanol–water partition coefficient (Wildman–Crippen LogP) is 5.16. The van der Waals surface area contributed by atoms with Gasteiger partial charge in [0.25, 0.3) is 0 Å². The van der Waals surface area contributed by atoms with Crippen molar-refractivity contribution in [1.82, 2.24) is 14.9 Å². The van der Waals surface area contributed by atoms with E-state index in [0.717, 1.165) is 12.2 Å². The molecule has 0 aliphatic carbocycles. The van der Waals surface area contributed by atoms with Crippen LogP contribution in [0.25, 0.3) is 10.9 Å². The highest BCUT2D eigenvalue weighted by Gasteiger charge is 2.13. The van der Waals surface area contributed by atoms with E-state index in [9.17, 15) is 9.18 Å². The van der Waals surface area contributed by atoms with Gasteiger partial charge in [-0.25, -0.2) is 14.4 Å². The van der Waals surface area contributed by atoms with Gasteiger partial charge in [-0.05, 0) is 50.0 Å². The third-order valence-corrected chi connectivity index (χ3v) is 4.75. The first-order chi connectivity index (χ1) is 19.8. The number of hydrogen-bond donors (Lipinski definition) is 2. The van der Waals surface area contributed by atoms with Crippen molar-refractivity contribution in [3.63, 3.8) is 0 Å². The summed E-state index contributed by atoms with van der Waals surface area (Å²) in [5, 5.41) is 5.89. The average Bonchev–Trinajstić information content (AvgIpc) is 2.91. The molecule has 1 aromatic heterocycles. The van der Waals surface area contributed by atoms with E-state index in [2.05, 4.69) is 20.6 Å². The highest BCUT2D eigenvalue weighted by atomic mass is 35.5. The van der Waals surface area contributed by atoms with Crippen molar-refractivity contribution in [2.45, 2.75) is 19.1 Å². The van der Waals surface area contributed by atoms with Crippen molar-refractivity contribution in [1.29, 1.82) is 0 Å². The number of benzene rings is 2. The van der Waals surface area contributed by atoms with Gasteiger partial charge in [0.05, 0.1) is 23.3 Å². The Morgan fingerprint density at radius 3 is 2.85 bits per heavy atom. The summed E-state index contributed by atoms with van der Waals surface area (Å²) in [6.45, 7) is -7.38. The lowest BCUT2D eigenvalue weighted by Crippen LogP contribution is -2.29. The largest absolute Gasteiger partial charge is 0.494 e. The number of aromatic nitrogens is 2. The third kappa shape index (κ3) is 5.77. The SMILES string of the molecule is [2H]C1([2H])N(C/C=C/C(=O)Nc2cc3c(Nc4ccc(F)c(Cl)c4)ncnc3cc2OC)C([2H])([2H])C([2H])([2H])C([2H])([2H])C1([2H])[2H]. The molecule has 0 radical (unpaired) electrons. The molecule has 0 atom stereocenters. The summed E-state index contributed by atoms with van der Waals surface area (Å²) >= 11 is 5.87. The summed E-state index contributed by atoms with van der Waals surface area (Å²) in [7, 11) is 1.36. The van der Waals surface area contributed by atoms with Gasteiger partial charge in [-0.3, -0.25) is 9.69 Å². The number of rotatable bonds is 7. The standard InChI is InChI=1S/C24H25ClFN5O2/c1-33-22-14-20-17(24(28-15-27-20)29-16-7-8-19(26)18(25)12-16)13-21(22)30-23(32)6-5-11-31-9-3-2-4-10-31/h5-8,12-15H,2-4,9-11H2,1H3,(H,30,32)(H,27,28,29)/b6-5+/i2D2,3D2,4D2,9D2,10D2. The van der Waals surface area contributed by atoms with E-state index in [-0.39, 0.29) is 21.4 Å². The van der Waals surface area contributed by atoms with Crippen molar-refractivity contribution in [3.05, 3.63) is 59.7 Å². The Morgan fingerprint density at radius 1 is 1.27 bits per heavy atom. The molecule has 4 rings (SSSR count). The van der Waals surface area contributed by atoms with E-state index in [1.54, 1.807) is 0 Å². The maximum Gasteiger partial charge on any atom is 0.248 e. The Kier molecular flexibility index (Phi) is 4.32. The van der Waals surface area contributed by atoms with Gasteiger partial charge in [0.2, 0.25) is 5.91 Å². The van der Waals surface area contributed by atoms with Crippen LogP contribution in [0.15, 0.2) is 48.8 Å². The first-order valence-electron chi connectivity index (χ1n) is 14.6. The van der Waals surface area contributed by atoms with Crippen molar-refractivity contribution < 1.29 is 27.6 Å². The molecule has 1 saturated heterocycles. The van der Waals surface area contributed by atoms with Gasteiger partial charge in [0, 0.05) is 43.5 Å². The van der Waals surface area contributed by atoms with Crippen molar-refractivity contribution in [3.8, 4) is 5.75 Å². The molecule has 0 unspecified atom stereocenters. The Hall–Kier alpha value is -3.23. The fourth-order valence-corrected chi connectivity index (χ4v) is 3.12. The molecule has 3 aromatic rings. The monoisotopic (exact) mass is 479 g/mol. The highest BCUT2D eigenvalue weighted by molar-refractivity contribution is 6.31. The third-order valence-electron chi connectivity index (χ3n) is 4.46. The van der Waals surface area contributed by atoms with Crippen LogP contribution in [0.4, 0.5) is 21.6 Å². The second-order valence-corrected chi connectivity index (χ2v) is 7.05. The van der Waals surface area contributed by atoms with E-state index >= 15 is 0 Å².